The highest BCUT2D eigenvalue weighted by atomic mass is 16.6. The molecule has 3 fully saturated rings. The zero-order valence-corrected chi connectivity index (χ0v) is 22.0. The van der Waals surface area contributed by atoms with Crippen molar-refractivity contribution in [3.05, 3.63) is 48.0 Å². The van der Waals surface area contributed by atoms with Crippen LogP contribution in [0, 0.1) is 5.92 Å². The minimum Gasteiger partial charge on any atom is -0.490 e. The first-order valence-corrected chi connectivity index (χ1v) is 14.1. The molecule has 2 saturated carbocycles. The minimum absolute atomic E-state index is 0.0631. The molecule has 2 aliphatic carbocycles. The molecule has 3 aliphatic rings. The number of nitrogens with one attached hydrogen (secondary N) is 1. The maximum Gasteiger partial charge on any atom is 0.411 e. The molecule has 0 radical (unpaired) electrons. The third-order valence-electron chi connectivity index (χ3n) is 8.28. The Hall–Kier alpha value is -3.32. The van der Waals surface area contributed by atoms with Crippen LogP contribution in [-0.2, 0) is 9.47 Å². The quantitative estimate of drug-likeness (QED) is 0.322. The zero-order valence-electron chi connectivity index (χ0n) is 22.0. The Labute approximate surface area is 223 Å². The molecular weight excluding hydrogens is 480 g/mol. The molecule has 1 amide bonds. The number of aldehydes is 1. The lowest BCUT2D eigenvalue weighted by Crippen LogP contribution is -2.25. The molecule has 1 aliphatic heterocycles. The van der Waals surface area contributed by atoms with Gasteiger partial charge in [-0.15, -0.1) is 0 Å². The van der Waals surface area contributed by atoms with Crippen LogP contribution in [0.3, 0.4) is 0 Å². The highest BCUT2D eigenvalue weighted by Gasteiger charge is 2.31. The summed E-state index contributed by atoms with van der Waals surface area (Å²) in [6, 6.07) is 14.2. The SMILES string of the molecule is CC(OC(=O)Nc1ccc(-c2c(C=O)c3ccc(OC4CCOCC4)cc3n2C2CCCC2)cc1)C1CC1. The number of amides is 1. The van der Waals surface area contributed by atoms with Crippen LogP contribution in [0.5, 0.6) is 5.75 Å². The average molecular weight is 517 g/mol. The van der Waals surface area contributed by atoms with E-state index in [2.05, 4.69) is 16.0 Å². The van der Waals surface area contributed by atoms with Crippen molar-refractivity contribution in [1.82, 2.24) is 4.57 Å². The van der Waals surface area contributed by atoms with Crippen molar-refractivity contribution in [2.75, 3.05) is 18.5 Å². The second kappa shape index (κ2) is 10.8. The number of rotatable bonds is 8. The molecule has 1 N–H and O–H groups in total. The number of hydrogen-bond donors (Lipinski definition) is 1. The number of hydrogen-bond acceptors (Lipinski definition) is 5. The van der Waals surface area contributed by atoms with Crippen molar-refractivity contribution < 1.29 is 23.8 Å². The van der Waals surface area contributed by atoms with Crippen molar-refractivity contribution in [2.24, 2.45) is 5.92 Å². The van der Waals surface area contributed by atoms with Gasteiger partial charge in [-0.05, 0) is 68.4 Å². The number of nitrogens with zero attached hydrogens (tertiary/aromatic N) is 1. The van der Waals surface area contributed by atoms with Crippen molar-refractivity contribution in [3.8, 4) is 17.0 Å². The largest absolute Gasteiger partial charge is 0.490 e. The maximum absolute atomic E-state index is 12.5. The van der Waals surface area contributed by atoms with Gasteiger partial charge in [0.25, 0.3) is 0 Å². The van der Waals surface area contributed by atoms with E-state index in [1.807, 2.05) is 43.3 Å². The Morgan fingerprint density at radius 2 is 1.76 bits per heavy atom. The summed E-state index contributed by atoms with van der Waals surface area (Å²) in [4.78, 5) is 24.8. The Morgan fingerprint density at radius 3 is 2.45 bits per heavy atom. The van der Waals surface area contributed by atoms with E-state index in [1.54, 1.807) is 0 Å². The Bertz CT molecular complexity index is 1300. The highest BCUT2D eigenvalue weighted by Crippen LogP contribution is 2.42. The topological polar surface area (TPSA) is 78.8 Å². The standard InChI is InChI=1S/C31H36N2O5/c1-20(21-6-7-21)37-31(35)32-23-10-8-22(9-11-23)30-28(19-34)27-13-12-26(38-25-14-16-36-17-15-25)18-29(27)33(30)24-4-2-3-5-24/h8-13,18-21,24-25H,2-7,14-17H2,1H3,(H,32,35). The number of aromatic nitrogens is 1. The van der Waals surface area contributed by atoms with Gasteiger partial charge >= 0.3 is 6.09 Å². The Kier molecular flexibility index (Phi) is 7.11. The number of fused-ring (bicyclic) bond motifs is 1. The zero-order chi connectivity index (χ0) is 26.1. The van der Waals surface area contributed by atoms with E-state index in [0.717, 1.165) is 85.9 Å². The Morgan fingerprint density at radius 1 is 1.03 bits per heavy atom. The highest BCUT2D eigenvalue weighted by molar-refractivity contribution is 6.05. The molecule has 7 heteroatoms. The molecule has 0 bridgehead atoms. The van der Waals surface area contributed by atoms with Crippen molar-refractivity contribution in [3.63, 3.8) is 0 Å². The Balaban J connectivity index is 1.32. The first-order chi connectivity index (χ1) is 18.6. The van der Waals surface area contributed by atoms with Gasteiger partial charge in [0.2, 0.25) is 0 Å². The summed E-state index contributed by atoms with van der Waals surface area (Å²) in [6.45, 7) is 3.41. The fourth-order valence-corrected chi connectivity index (χ4v) is 6.02. The van der Waals surface area contributed by atoms with E-state index >= 15 is 0 Å². The van der Waals surface area contributed by atoms with Crippen LogP contribution < -0.4 is 10.1 Å². The fourth-order valence-electron chi connectivity index (χ4n) is 6.02. The van der Waals surface area contributed by atoms with Crippen LogP contribution in [0.25, 0.3) is 22.2 Å². The summed E-state index contributed by atoms with van der Waals surface area (Å²) in [5.74, 6) is 1.33. The number of benzene rings is 2. The monoisotopic (exact) mass is 516 g/mol. The molecule has 200 valence electrons. The summed E-state index contributed by atoms with van der Waals surface area (Å²) >= 11 is 0. The van der Waals surface area contributed by atoms with Gasteiger partial charge < -0.3 is 18.8 Å². The van der Waals surface area contributed by atoms with Gasteiger partial charge in [-0.3, -0.25) is 10.1 Å². The van der Waals surface area contributed by atoms with Crippen LogP contribution in [0.4, 0.5) is 10.5 Å². The summed E-state index contributed by atoms with van der Waals surface area (Å²) in [7, 11) is 0. The van der Waals surface area contributed by atoms with E-state index in [0.29, 0.717) is 23.2 Å². The molecular formula is C31H36N2O5. The lowest BCUT2D eigenvalue weighted by molar-refractivity contribution is 0.0256. The first-order valence-electron chi connectivity index (χ1n) is 14.1. The van der Waals surface area contributed by atoms with Crippen LogP contribution in [0.1, 0.15) is 74.7 Å². The third kappa shape index (κ3) is 5.17. The van der Waals surface area contributed by atoms with E-state index in [1.165, 1.54) is 12.8 Å². The molecule has 3 aromatic rings. The molecule has 0 spiro atoms. The van der Waals surface area contributed by atoms with Gasteiger partial charge in [0.05, 0.1) is 24.4 Å². The maximum atomic E-state index is 12.5. The molecule has 1 unspecified atom stereocenters. The van der Waals surface area contributed by atoms with Gasteiger partial charge in [0.15, 0.2) is 6.29 Å². The molecule has 2 heterocycles. The van der Waals surface area contributed by atoms with Crippen LogP contribution in [-0.4, -0.2) is 42.4 Å². The number of carbonyl (C=O) groups is 2. The average Bonchev–Trinajstić information content (AvgIpc) is 3.55. The van der Waals surface area contributed by atoms with Gasteiger partial charge in [-0.25, -0.2) is 4.79 Å². The summed E-state index contributed by atoms with van der Waals surface area (Å²) in [5, 5.41) is 3.79. The lowest BCUT2D eigenvalue weighted by atomic mass is 10.1. The smallest absolute Gasteiger partial charge is 0.411 e. The van der Waals surface area contributed by atoms with E-state index in [9.17, 15) is 9.59 Å². The van der Waals surface area contributed by atoms with Gasteiger partial charge in [-0.1, -0.05) is 25.0 Å². The molecule has 1 saturated heterocycles. The number of ether oxygens (including phenoxy) is 3. The van der Waals surface area contributed by atoms with E-state index in [-0.39, 0.29) is 12.2 Å². The van der Waals surface area contributed by atoms with Crippen LogP contribution in [0.15, 0.2) is 42.5 Å². The predicted molar refractivity (Wildman–Crippen MR) is 147 cm³/mol. The van der Waals surface area contributed by atoms with Gasteiger partial charge in [0.1, 0.15) is 18.0 Å². The lowest BCUT2D eigenvalue weighted by Gasteiger charge is -2.23. The number of anilines is 1. The van der Waals surface area contributed by atoms with Crippen LogP contribution in [0.2, 0.25) is 0 Å². The fraction of sp³-hybridized carbons (Fsp3) is 0.484. The summed E-state index contributed by atoms with van der Waals surface area (Å²) < 4.78 is 19.7. The molecule has 7 nitrogen and oxygen atoms in total. The molecule has 1 atom stereocenters. The molecule has 6 rings (SSSR count). The second-order valence-electron chi connectivity index (χ2n) is 10.9. The minimum atomic E-state index is -0.428. The van der Waals surface area contributed by atoms with E-state index < -0.39 is 6.09 Å². The first kappa shape index (κ1) is 25.0. The van der Waals surface area contributed by atoms with Gasteiger partial charge in [-0.2, -0.15) is 0 Å². The normalized spacial score (nSPS) is 19.4. The van der Waals surface area contributed by atoms with Crippen molar-refractivity contribution >= 4 is 29.0 Å². The van der Waals surface area contributed by atoms with Crippen LogP contribution >= 0.6 is 0 Å². The number of carbonyl (C=O) groups excluding carboxylic acids is 2. The summed E-state index contributed by atoms with van der Waals surface area (Å²) in [6.07, 6.45) is 9.21. The molecule has 38 heavy (non-hydrogen) atoms. The van der Waals surface area contributed by atoms with Gasteiger partial charge in [0, 0.05) is 41.6 Å². The van der Waals surface area contributed by atoms with Crippen molar-refractivity contribution in [2.45, 2.75) is 76.5 Å². The third-order valence-corrected chi connectivity index (χ3v) is 8.28. The second-order valence-corrected chi connectivity index (χ2v) is 10.9. The molecule has 1 aromatic heterocycles. The summed E-state index contributed by atoms with van der Waals surface area (Å²) in [5.41, 5.74) is 4.29. The van der Waals surface area contributed by atoms with E-state index in [4.69, 9.17) is 14.2 Å². The van der Waals surface area contributed by atoms with Crippen molar-refractivity contribution in [1.29, 1.82) is 0 Å². The predicted octanol–water partition coefficient (Wildman–Crippen LogP) is 7.14. The molecule has 2 aromatic carbocycles.